The third-order valence-corrected chi connectivity index (χ3v) is 7.14. The molecule has 0 radical (unpaired) electrons. The number of hydrogen-bond acceptors (Lipinski definition) is 4. The zero-order chi connectivity index (χ0) is 21.7. The number of fused-ring (bicyclic) bond motifs is 4. The number of piperidine rings is 3. The molecule has 1 N–H and O–H groups in total. The van der Waals surface area contributed by atoms with Crippen LogP contribution in [0.4, 0.5) is 0 Å². The monoisotopic (exact) mass is 416 g/mol. The van der Waals surface area contributed by atoms with Crippen LogP contribution in [0.15, 0.2) is 30.3 Å². The Bertz CT molecular complexity index is 708. The summed E-state index contributed by atoms with van der Waals surface area (Å²) in [5, 5.41) is 6.89. The van der Waals surface area contributed by atoms with Crippen LogP contribution >= 0.6 is 0 Å². The van der Waals surface area contributed by atoms with Crippen molar-refractivity contribution >= 4 is 12.4 Å². The van der Waals surface area contributed by atoms with Gasteiger partial charge in [-0.2, -0.15) is 0 Å². The zero-order valence-corrected chi connectivity index (χ0v) is 18.5. The third kappa shape index (κ3) is 5.03. The summed E-state index contributed by atoms with van der Waals surface area (Å²) in [7, 11) is 1.64. The number of rotatable bonds is 4. The molecule has 3 fully saturated rings. The van der Waals surface area contributed by atoms with Gasteiger partial charge in [0.1, 0.15) is 5.60 Å². The summed E-state index contributed by atoms with van der Waals surface area (Å²) in [5.41, 5.74) is 0.741. The average molecular weight is 417 g/mol. The van der Waals surface area contributed by atoms with Crippen molar-refractivity contribution in [1.29, 1.82) is 0 Å². The summed E-state index contributed by atoms with van der Waals surface area (Å²) >= 11 is 0. The predicted molar refractivity (Wildman–Crippen MR) is 116 cm³/mol. The molecule has 1 amide bonds. The van der Waals surface area contributed by atoms with E-state index in [2.05, 4.69) is 40.1 Å². The first-order valence-corrected chi connectivity index (χ1v) is 11.1. The number of likely N-dealkylation sites (tertiary alicyclic amines) is 1. The van der Waals surface area contributed by atoms with Crippen LogP contribution in [0.3, 0.4) is 0 Å². The molecule has 166 valence electrons. The largest absolute Gasteiger partial charge is 0.483 e. The van der Waals surface area contributed by atoms with Crippen molar-refractivity contribution in [3.8, 4) is 0 Å². The van der Waals surface area contributed by atoms with Crippen molar-refractivity contribution in [2.75, 3.05) is 26.7 Å². The average Bonchev–Trinajstić information content (AvgIpc) is 2.75. The van der Waals surface area contributed by atoms with Gasteiger partial charge in [-0.1, -0.05) is 36.8 Å². The number of carbonyl (C=O) groups is 2. The van der Waals surface area contributed by atoms with Gasteiger partial charge < -0.3 is 14.7 Å². The summed E-state index contributed by atoms with van der Waals surface area (Å²) in [6.45, 7) is 6.48. The molecule has 2 bridgehead atoms. The van der Waals surface area contributed by atoms with E-state index in [1.54, 1.807) is 7.11 Å². The normalized spacial score (nSPS) is 28.7. The highest BCUT2D eigenvalue weighted by Crippen LogP contribution is 2.40. The number of nitrogens with zero attached hydrogens (tertiary/aromatic N) is 2. The van der Waals surface area contributed by atoms with Crippen LogP contribution in [0.2, 0.25) is 0 Å². The minimum atomic E-state index is -0.715. The smallest absolute Gasteiger partial charge is 0.290 e. The molecule has 0 saturated carbocycles. The van der Waals surface area contributed by atoms with Gasteiger partial charge in [-0.05, 0) is 56.9 Å². The Morgan fingerprint density at radius 3 is 2.57 bits per heavy atom. The molecule has 6 heteroatoms. The van der Waals surface area contributed by atoms with Gasteiger partial charge in [0.05, 0.1) is 0 Å². The number of carboxylic acid groups (broad SMARTS) is 1. The van der Waals surface area contributed by atoms with Crippen molar-refractivity contribution in [2.24, 2.45) is 11.8 Å². The standard InChI is InChI=1S/C23H34N2O2.CH2O2/c1-23(2,27-3)22(26)24-14-18-12-19(16-24)21-11-7-10-20(25(21)15-18)13-17-8-5-4-6-9-17;2-1-3/h4-6,8-9,18-21H,7,10-16H2,1-3H3;1H,(H,2,3)/t18-,19+,20+,21-;/m0./s1. The van der Waals surface area contributed by atoms with Crippen molar-refractivity contribution < 1.29 is 19.4 Å². The first-order valence-electron chi connectivity index (χ1n) is 11.1. The van der Waals surface area contributed by atoms with E-state index in [1.165, 1.54) is 31.2 Å². The lowest BCUT2D eigenvalue weighted by Gasteiger charge is -2.55. The van der Waals surface area contributed by atoms with Crippen LogP contribution in [0.25, 0.3) is 0 Å². The second kappa shape index (κ2) is 9.92. The SMILES string of the molecule is COC(C)(C)C(=O)N1C[C@@H]2C[C@H](C1)[C@@H]1CCC[C@H](Cc3ccccc3)N1C2.O=CO. The summed E-state index contributed by atoms with van der Waals surface area (Å²) < 4.78 is 5.46. The Morgan fingerprint density at radius 1 is 1.20 bits per heavy atom. The molecule has 0 spiro atoms. The topological polar surface area (TPSA) is 70.1 Å². The Morgan fingerprint density at radius 2 is 1.90 bits per heavy atom. The van der Waals surface area contributed by atoms with E-state index in [0.717, 1.165) is 26.1 Å². The van der Waals surface area contributed by atoms with Crippen LogP contribution in [0.5, 0.6) is 0 Å². The minimum absolute atomic E-state index is 0.157. The molecule has 4 atom stereocenters. The Hall–Kier alpha value is -1.92. The first kappa shape index (κ1) is 22.8. The second-order valence-electron chi connectivity index (χ2n) is 9.43. The number of benzene rings is 1. The summed E-state index contributed by atoms with van der Waals surface area (Å²) in [6.07, 6.45) is 6.37. The maximum atomic E-state index is 12.9. The van der Waals surface area contributed by atoms with E-state index < -0.39 is 5.60 Å². The van der Waals surface area contributed by atoms with Gasteiger partial charge >= 0.3 is 0 Å². The highest BCUT2D eigenvalue weighted by atomic mass is 16.5. The van der Waals surface area contributed by atoms with Gasteiger partial charge in [-0.3, -0.25) is 14.5 Å². The lowest BCUT2D eigenvalue weighted by atomic mass is 9.74. The second-order valence-corrected chi connectivity index (χ2v) is 9.43. The maximum Gasteiger partial charge on any atom is 0.290 e. The number of methoxy groups -OCH3 is 1. The molecule has 3 aliphatic heterocycles. The van der Waals surface area contributed by atoms with Gasteiger partial charge in [0.15, 0.2) is 0 Å². The van der Waals surface area contributed by atoms with Gasteiger partial charge in [0.25, 0.3) is 12.4 Å². The summed E-state index contributed by atoms with van der Waals surface area (Å²) in [6, 6.07) is 12.2. The molecule has 1 aromatic rings. The molecule has 0 unspecified atom stereocenters. The third-order valence-electron chi connectivity index (χ3n) is 7.14. The number of hydrogen-bond donors (Lipinski definition) is 1. The van der Waals surface area contributed by atoms with Crippen LogP contribution in [-0.4, -0.2) is 71.7 Å². The van der Waals surface area contributed by atoms with Crippen molar-refractivity contribution in [1.82, 2.24) is 9.80 Å². The highest BCUT2D eigenvalue weighted by Gasteiger charge is 2.46. The fourth-order valence-corrected chi connectivity index (χ4v) is 5.65. The molecule has 30 heavy (non-hydrogen) atoms. The molecule has 1 aromatic carbocycles. The van der Waals surface area contributed by atoms with Crippen molar-refractivity contribution in [2.45, 2.75) is 63.6 Å². The van der Waals surface area contributed by atoms with Gasteiger partial charge in [-0.15, -0.1) is 0 Å². The number of ether oxygens (including phenoxy) is 1. The van der Waals surface area contributed by atoms with Crippen LogP contribution in [0.1, 0.15) is 45.1 Å². The maximum absolute atomic E-state index is 12.9. The quantitative estimate of drug-likeness (QED) is 0.764. The fraction of sp³-hybridized carbons (Fsp3) is 0.667. The Kier molecular flexibility index (Phi) is 7.53. The lowest BCUT2D eigenvalue weighted by Crippen LogP contribution is -2.64. The summed E-state index contributed by atoms with van der Waals surface area (Å²) in [4.78, 5) is 26.2. The summed E-state index contributed by atoms with van der Waals surface area (Å²) in [5.74, 6) is 1.38. The predicted octanol–water partition coefficient (Wildman–Crippen LogP) is 3.06. The number of carbonyl (C=O) groups excluding carboxylic acids is 1. The van der Waals surface area contributed by atoms with E-state index in [9.17, 15) is 4.79 Å². The molecule has 3 heterocycles. The van der Waals surface area contributed by atoms with E-state index >= 15 is 0 Å². The molecule has 0 aromatic heterocycles. The Labute approximate surface area is 180 Å². The van der Waals surface area contributed by atoms with Crippen LogP contribution < -0.4 is 0 Å². The molecule has 3 saturated heterocycles. The van der Waals surface area contributed by atoms with Crippen molar-refractivity contribution in [3.05, 3.63) is 35.9 Å². The van der Waals surface area contributed by atoms with Crippen LogP contribution in [0, 0.1) is 11.8 Å². The molecule has 4 rings (SSSR count). The number of amides is 1. The van der Waals surface area contributed by atoms with Crippen molar-refractivity contribution in [3.63, 3.8) is 0 Å². The van der Waals surface area contributed by atoms with Gasteiger partial charge in [0.2, 0.25) is 0 Å². The molecular formula is C24H36N2O4. The fourth-order valence-electron chi connectivity index (χ4n) is 5.65. The Balaban J connectivity index is 0.000000806. The molecule has 3 aliphatic rings. The molecule has 0 aliphatic carbocycles. The molecule has 6 nitrogen and oxygen atoms in total. The first-order chi connectivity index (χ1) is 14.4. The minimum Gasteiger partial charge on any atom is -0.483 e. The zero-order valence-electron chi connectivity index (χ0n) is 18.5. The lowest BCUT2D eigenvalue weighted by molar-refractivity contribution is -0.158. The van der Waals surface area contributed by atoms with E-state index in [4.69, 9.17) is 14.6 Å². The van der Waals surface area contributed by atoms with E-state index in [1.807, 2.05) is 13.8 Å². The highest BCUT2D eigenvalue weighted by molar-refractivity contribution is 5.84. The van der Waals surface area contributed by atoms with E-state index in [0.29, 0.717) is 23.9 Å². The van der Waals surface area contributed by atoms with Crippen LogP contribution in [-0.2, 0) is 20.7 Å². The van der Waals surface area contributed by atoms with E-state index in [-0.39, 0.29) is 12.4 Å². The van der Waals surface area contributed by atoms with Gasteiger partial charge in [-0.25, -0.2) is 0 Å². The molecular weight excluding hydrogens is 380 g/mol. The van der Waals surface area contributed by atoms with Gasteiger partial charge in [0, 0.05) is 38.8 Å².